The Balaban J connectivity index is 1.82. The van der Waals surface area contributed by atoms with Crippen molar-refractivity contribution >= 4 is 5.91 Å². The van der Waals surface area contributed by atoms with Gasteiger partial charge in [0.25, 0.3) is 5.91 Å². The first-order chi connectivity index (χ1) is 8.25. The van der Waals surface area contributed by atoms with Crippen molar-refractivity contribution in [1.82, 2.24) is 10.2 Å². The third kappa shape index (κ3) is 1.76. The molecular formula is C12H14N2O3. The number of carbonyl (C=O) groups is 1. The van der Waals surface area contributed by atoms with Gasteiger partial charge in [0.15, 0.2) is 0 Å². The van der Waals surface area contributed by atoms with E-state index >= 15 is 0 Å². The fourth-order valence-electron chi connectivity index (χ4n) is 2.75. The van der Waals surface area contributed by atoms with Crippen LogP contribution in [0.5, 0.6) is 0 Å². The maximum Gasteiger partial charge on any atom is 0.335 e. The molecule has 2 saturated heterocycles. The van der Waals surface area contributed by atoms with Gasteiger partial charge >= 0.3 is 5.63 Å². The quantitative estimate of drug-likeness (QED) is 0.747. The zero-order valence-electron chi connectivity index (χ0n) is 9.39. The third-order valence-corrected chi connectivity index (χ3v) is 3.65. The van der Waals surface area contributed by atoms with Gasteiger partial charge in [-0.25, -0.2) is 4.79 Å². The number of carbonyl (C=O) groups excluding carboxylic acids is 1. The van der Waals surface area contributed by atoms with Crippen LogP contribution in [0.1, 0.15) is 16.8 Å². The minimum Gasteiger partial charge on any atom is -0.430 e. The summed E-state index contributed by atoms with van der Waals surface area (Å²) in [4.78, 5) is 25.0. The van der Waals surface area contributed by atoms with Gasteiger partial charge in [0.2, 0.25) is 0 Å². The third-order valence-electron chi connectivity index (χ3n) is 3.65. The Bertz CT molecular complexity index is 476. The fourth-order valence-corrected chi connectivity index (χ4v) is 2.75. The van der Waals surface area contributed by atoms with Gasteiger partial charge in [-0.1, -0.05) is 0 Å². The van der Waals surface area contributed by atoms with Crippen molar-refractivity contribution < 1.29 is 9.21 Å². The number of rotatable bonds is 1. The zero-order valence-corrected chi connectivity index (χ0v) is 9.39. The lowest BCUT2D eigenvalue weighted by Crippen LogP contribution is -2.39. The Morgan fingerprint density at radius 2 is 2.29 bits per heavy atom. The Hall–Kier alpha value is -1.62. The molecule has 3 heterocycles. The molecule has 17 heavy (non-hydrogen) atoms. The number of amides is 1. The topological polar surface area (TPSA) is 62.6 Å². The number of likely N-dealkylation sites (tertiary alicyclic amines) is 1. The Labute approximate surface area is 98.4 Å². The van der Waals surface area contributed by atoms with Crippen molar-refractivity contribution in [2.75, 3.05) is 19.6 Å². The number of nitrogens with zero attached hydrogens (tertiary/aromatic N) is 1. The highest BCUT2D eigenvalue weighted by Gasteiger charge is 2.40. The van der Waals surface area contributed by atoms with Gasteiger partial charge in [0, 0.05) is 31.7 Å². The van der Waals surface area contributed by atoms with E-state index in [0.29, 0.717) is 17.5 Å². The first kappa shape index (κ1) is 10.5. The molecule has 5 heteroatoms. The number of fused-ring (bicyclic) bond motifs is 1. The second-order valence-corrected chi connectivity index (χ2v) is 4.62. The number of hydrogen-bond donors (Lipinski definition) is 1. The predicted octanol–water partition coefficient (Wildman–Crippen LogP) is 0.0737. The zero-order chi connectivity index (χ0) is 11.8. The summed E-state index contributed by atoms with van der Waals surface area (Å²) in [5.74, 6) is 0.541. The van der Waals surface area contributed by atoms with Crippen molar-refractivity contribution in [2.24, 2.45) is 5.92 Å². The summed E-state index contributed by atoms with van der Waals surface area (Å²) in [7, 11) is 0. The largest absolute Gasteiger partial charge is 0.430 e. The van der Waals surface area contributed by atoms with Crippen LogP contribution in [0.4, 0.5) is 0 Å². The van der Waals surface area contributed by atoms with Gasteiger partial charge in [-0.05, 0) is 18.4 Å². The van der Waals surface area contributed by atoms with Crippen LogP contribution in [-0.2, 0) is 0 Å². The maximum atomic E-state index is 12.2. The lowest BCUT2D eigenvalue weighted by molar-refractivity contribution is 0.0734. The van der Waals surface area contributed by atoms with E-state index in [1.54, 1.807) is 0 Å². The summed E-state index contributed by atoms with van der Waals surface area (Å²) in [5, 5.41) is 3.30. The summed E-state index contributed by atoms with van der Waals surface area (Å²) in [6, 6.07) is 3.12. The molecule has 5 nitrogen and oxygen atoms in total. The van der Waals surface area contributed by atoms with Crippen LogP contribution in [-0.4, -0.2) is 36.5 Å². The first-order valence-corrected chi connectivity index (χ1v) is 5.86. The molecule has 90 valence electrons. The van der Waals surface area contributed by atoms with E-state index in [2.05, 4.69) is 5.32 Å². The highest BCUT2D eigenvalue weighted by Crippen LogP contribution is 2.28. The smallest absolute Gasteiger partial charge is 0.335 e. The molecule has 3 rings (SSSR count). The fraction of sp³-hybridized carbons (Fsp3) is 0.500. The molecule has 0 unspecified atom stereocenters. The first-order valence-electron chi connectivity index (χ1n) is 5.86. The Morgan fingerprint density at radius 1 is 1.41 bits per heavy atom. The average Bonchev–Trinajstić information content (AvgIpc) is 2.90. The summed E-state index contributed by atoms with van der Waals surface area (Å²) >= 11 is 0. The number of nitrogens with one attached hydrogen (secondary N) is 1. The lowest BCUT2D eigenvalue weighted by atomic mass is 10.1. The van der Waals surface area contributed by atoms with Crippen molar-refractivity contribution in [3.8, 4) is 0 Å². The van der Waals surface area contributed by atoms with E-state index in [-0.39, 0.29) is 5.91 Å². The minimum atomic E-state index is -0.427. The van der Waals surface area contributed by atoms with Crippen LogP contribution in [0.25, 0.3) is 0 Å². The van der Waals surface area contributed by atoms with Gasteiger partial charge in [0.05, 0.1) is 5.56 Å². The monoisotopic (exact) mass is 234 g/mol. The van der Waals surface area contributed by atoms with Crippen LogP contribution in [0.3, 0.4) is 0 Å². The molecule has 2 aliphatic heterocycles. The van der Waals surface area contributed by atoms with Gasteiger partial charge < -0.3 is 14.6 Å². The summed E-state index contributed by atoms with van der Waals surface area (Å²) in [6.45, 7) is 2.67. The highest BCUT2D eigenvalue weighted by atomic mass is 16.4. The van der Waals surface area contributed by atoms with Crippen molar-refractivity contribution in [1.29, 1.82) is 0 Å². The molecule has 1 amide bonds. The molecule has 2 fully saturated rings. The number of hydrogen-bond acceptors (Lipinski definition) is 4. The molecule has 1 N–H and O–H groups in total. The molecule has 0 spiro atoms. The summed E-state index contributed by atoms with van der Waals surface area (Å²) < 4.78 is 4.73. The van der Waals surface area contributed by atoms with E-state index in [0.717, 1.165) is 26.1 Å². The molecule has 1 aromatic heterocycles. The minimum absolute atomic E-state index is 0.0371. The molecule has 0 aliphatic carbocycles. The SMILES string of the molecule is O=C(c1ccc(=O)oc1)N1CC[C@H]2CNC[C@H]21. The normalized spacial score (nSPS) is 27.2. The Morgan fingerprint density at radius 3 is 3.06 bits per heavy atom. The molecule has 0 radical (unpaired) electrons. The lowest BCUT2D eigenvalue weighted by Gasteiger charge is -2.23. The van der Waals surface area contributed by atoms with E-state index < -0.39 is 5.63 Å². The van der Waals surface area contributed by atoms with Gasteiger partial charge in [-0.2, -0.15) is 0 Å². The second kappa shape index (κ2) is 4.00. The molecule has 2 atom stereocenters. The van der Waals surface area contributed by atoms with Crippen molar-refractivity contribution in [2.45, 2.75) is 12.5 Å². The standard InChI is InChI=1S/C12H14N2O3/c15-11-2-1-9(7-17-11)12(16)14-4-3-8-5-13-6-10(8)14/h1-2,7-8,10,13H,3-6H2/t8-,10+/m0/s1. The van der Waals surface area contributed by atoms with E-state index in [1.807, 2.05) is 4.90 Å². The molecular weight excluding hydrogens is 220 g/mol. The van der Waals surface area contributed by atoms with Gasteiger partial charge in [0.1, 0.15) is 6.26 Å². The van der Waals surface area contributed by atoms with Gasteiger partial charge in [-0.15, -0.1) is 0 Å². The molecule has 2 aliphatic rings. The van der Waals surface area contributed by atoms with Crippen molar-refractivity contribution in [3.63, 3.8) is 0 Å². The highest BCUT2D eigenvalue weighted by molar-refractivity contribution is 5.94. The maximum absolute atomic E-state index is 12.2. The van der Waals surface area contributed by atoms with Gasteiger partial charge in [-0.3, -0.25) is 4.79 Å². The van der Waals surface area contributed by atoms with E-state index in [9.17, 15) is 9.59 Å². The predicted molar refractivity (Wildman–Crippen MR) is 60.8 cm³/mol. The van der Waals surface area contributed by atoms with Crippen molar-refractivity contribution in [3.05, 3.63) is 34.4 Å². The summed E-state index contributed by atoms with van der Waals surface area (Å²) in [6.07, 6.45) is 2.31. The molecule has 1 aromatic rings. The van der Waals surface area contributed by atoms with Crippen LogP contribution < -0.4 is 10.9 Å². The van der Waals surface area contributed by atoms with E-state index in [1.165, 1.54) is 18.4 Å². The average molecular weight is 234 g/mol. The van der Waals surface area contributed by atoms with Crippen LogP contribution in [0.2, 0.25) is 0 Å². The summed E-state index contributed by atoms with van der Waals surface area (Å²) in [5.41, 5.74) is 0.0283. The van der Waals surface area contributed by atoms with Crippen LogP contribution in [0.15, 0.2) is 27.6 Å². The second-order valence-electron chi connectivity index (χ2n) is 4.62. The molecule has 0 bridgehead atoms. The molecule has 0 saturated carbocycles. The Kier molecular flexibility index (Phi) is 2.48. The van der Waals surface area contributed by atoms with Crippen LogP contribution >= 0.6 is 0 Å². The van der Waals surface area contributed by atoms with E-state index in [4.69, 9.17) is 4.42 Å². The molecule has 0 aromatic carbocycles. The van der Waals surface area contributed by atoms with Crippen LogP contribution in [0, 0.1) is 5.92 Å².